The molecule has 4 nitrogen and oxygen atoms in total. The van der Waals surface area contributed by atoms with Crippen LogP contribution in [0.5, 0.6) is 0 Å². The van der Waals surface area contributed by atoms with E-state index in [2.05, 4.69) is 12.2 Å². The van der Waals surface area contributed by atoms with E-state index in [9.17, 15) is 9.59 Å². The van der Waals surface area contributed by atoms with Crippen molar-refractivity contribution in [1.29, 1.82) is 0 Å². The summed E-state index contributed by atoms with van der Waals surface area (Å²) in [4.78, 5) is 22.1. The van der Waals surface area contributed by atoms with Crippen molar-refractivity contribution >= 4 is 11.9 Å². The summed E-state index contributed by atoms with van der Waals surface area (Å²) in [5.41, 5.74) is 1.19. The van der Waals surface area contributed by atoms with Crippen LogP contribution in [-0.2, 0) is 9.59 Å². The largest absolute Gasteiger partial charge is 0.480 e. The first-order chi connectivity index (χ1) is 8.50. The number of carboxylic acids is 1. The van der Waals surface area contributed by atoms with Crippen LogP contribution in [0.1, 0.15) is 38.2 Å². The molecular formula is C14H19NO3. The first-order valence-electron chi connectivity index (χ1n) is 6.08. The highest BCUT2D eigenvalue weighted by Crippen LogP contribution is 2.19. The monoisotopic (exact) mass is 249 g/mol. The highest BCUT2D eigenvalue weighted by Gasteiger charge is 2.14. The minimum absolute atomic E-state index is 0.215. The zero-order valence-electron chi connectivity index (χ0n) is 10.7. The topological polar surface area (TPSA) is 66.4 Å². The lowest BCUT2D eigenvalue weighted by Gasteiger charge is -2.13. The summed E-state index contributed by atoms with van der Waals surface area (Å²) in [5, 5.41) is 11.1. The minimum atomic E-state index is -1.01. The molecule has 1 aromatic carbocycles. The van der Waals surface area contributed by atoms with E-state index in [1.165, 1.54) is 12.5 Å². The molecule has 1 aromatic rings. The van der Waals surface area contributed by atoms with Crippen molar-refractivity contribution in [2.24, 2.45) is 0 Å². The summed E-state index contributed by atoms with van der Waals surface area (Å²) in [6.07, 6.45) is 1.05. The molecule has 0 aliphatic heterocycles. The van der Waals surface area contributed by atoms with Gasteiger partial charge in [0.2, 0.25) is 5.91 Å². The van der Waals surface area contributed by atoms with Gasteiger partial charge in [0, 0.05) is 6.42 Å². The van der Waals surface area contributed by atoms with Crippen molar-refractivity contribution in [2.45, 2.75) is 38.6 Å². The first kappa shape index (κ1) is 14.2. The maximum absolute atomic E-state index is 11.5. The molecule has 0 aliphatic carbocycles. The second-order valence-electron chi connectivity index (χ2n) is 4.48. The van der Waals surface area contributed by atoms with Crippen LogP contribution in [0.15, 0.2) is 30.3 Å². The van der Waals surface area contributed by atoms with Gasteiger partial charge in [-0.05, 0) is 24.8 Å². The van der Waals surface area contributed by atoms with Gasteiger partial charge >= 0.3 is 5.97 Å². The molecule has 4 heteroatoms. The number of carbonyl (C=O) groups excluding carboxylic acids is 1. The van der Waals surface area contributed by atoms with E-state index in [0.717, 1.165) is 0 Å². The number of hydrogen-bond acceptors (Lipinski definition) is 2. The van der Waals surface area contributed by atoms with Crippen LogP contribution < -0.4 is 5.32 Å². The van der Waals surface area contributed by atoms with Crippen molar-refractivity contribution in [3.05, 3.63) is 35.9 Å². The van der Waals surface area contributed by atoms with Gasteiger partial charge in [-0.1, -0.05) is 37.3 Å². The zero-order valence-corrected chi connectivity index (χ0v) is 10.7. The summed E-state index contributed by atoms with van der Waals surface area (Å²) in [6, 6.07) is 9.13. The number of benzene rings is 1. The molecular weight excluding hydrogens is 230 g/mol. The molecule has 2 unspecified atom stereocenters. The number of rotatable bonds is 6. The molecule has 0 aromatic heterocycles. The van der Waals surface area contributed by atoms with E-state index in [0.29, 0.717) is 12.8 Å². The second-order valence-corrected chi connectivity index (χ2v) is 4.48. The van der Waals surface area contributed by atoms with Gasteiger partial charge in [-0.3, -0.25) is 9.59 Å². The Bertz CT molecular complexity index is 403. The van der Waals surface area contributed by atoms with Gasteiger partial charge < -0.3 is 10.4 Å². The van der Waals surface area contributed by atoms with Gasteiger partial charge in [-0.25, -0.2) is 0 Å². The van der Waals surface area contributed by atoms with Crippen LogP contribution in [0.4, 0.5) is 0 Å². The van der Waals surface area contributed by atoms with Gasteiger partial charge in [0.05, 0.1) is 0 Å². The van der Waals surface area contributed by atoms with E-state index in [-0.39, 0.29) is 11.8 Å². The Morgan fingerprint density at radius 2 is 1.83 bits per heavy atom. The lowest BCUT2D eigenvalue weighted by atomic mass is 9.96. The molecule has 18 heavy (non-hydrogen) atoms. The Hall–Kier alpha value is -1.84. The van der Waals surface area contributed by atoms with Crippen LogP contribution in [0.3, 0.4) is 0 Å². The van der Waals surface area contributed by atoms with Crippen LogP contribution in [-0.4, -0.2) is 23.0 Å². The van der Waals surface area contributed by atoms with E-state index in [1.54, 1.807) is 0 Å². The van der Waals surface area contributed by atoms with Crippen molar-refractivity contribution in [1.82, 2.24) is 5.32 Å². The second kappa shape index (κ2) is 6.79. The van der Waals surface area contributed by atoms with Crippen molar-refractivity contribution in [2.75, 3.05) is 0 Å². The predicted octanol–water partition coefficient (Wildman–Crippen LogP) is 2.16. The smallest absolute Gasteiger partial charge is 0.325 e. The van der Waals surface area contributed by atoms with Crippen molar-refractivity contribution in [3.8, 4) is 0 Å². The molecule has 0 saturated carbocycles. The summed E-state index contributed by atoms with van der Waals surface area (Å²) in [6.45, 7) is 3.52. The maximum Gasteiger partial charge on any atom is 0.325 e. The fraction of sp³-hybridized carbons (Fsp3) is 0.429. The Balaban J connectivity index is 2.37. The van der Waals surface area contributed by atoms with E-state index >= 15 is 0 Å². The number of carbonyl (C=O) groups is 2. The lowest BCUT2D eigenvalue weighted by molar-refractivity contribution is -0.141. The average molecular weight is 249 g/mol. The van der Waals surface area contributed by atoms with E-state index < -0.39 is 12.0 Å². The third-order valence-corrected chi connectivity index (χ3v) is 2.92. The normalized spacial score (nSPS) is 13.7. The van der Waals surface area contributed by atoms with Crippen LogP contribution in [0.2, 0.25) is 0 Å². The molecule has 0 saturated heterocycles. The number of amides is 1. The third-order valence-electron chi connectivity index (χ3n) is 2.92. The summed E-state index contributed by atoms with van der Waals surface area (Å²) in [5.74, 6) is -0.941. The number of aliphatic carboxylic acids is 1. The van der Waals surface area contributed by atoms with Gasteiger partial charge in [0.15, 0.2) is 0 Å². The molecule has 0 heterocycles. The van der Waals surface area contributed by atoms with E-state index in [1.807, 2.05) is 30.3 Å². The minimum Gasteiger partial charge on any atom is -0.480 e. The van der Waals surface area contributed by atoms with Crippen molar-refractivity contribution in [3.63, 3.8) is 0 Å². The Labute approximate surface area is 107 Å². The molecule has 0 bridgehead atoms. The highest BCUT2D eigenvalue weighted by atomic mass is 16.4. The molecule has 98 valence electrons. The van der Waals surface area contributed by atoms with Crippen LogP contribution in [0.25, 0.3) is 0 Å². The average Bonchev–Trinajstić information content (AvgIpc) is 2.36. The number of hydrogen-bond donors (Lipinski definition) is 2. The third kappa shape index (κ3) is 4.57. The summed E-state index contributed by atoms with van der Waals surface area (Å²) < 4.78 is 0. The molecule has 0 aliphatic rings. The number of carboxylic acid groups (broad SMARTS) is 1. The number of nitrogens with one attached hydrogen (secondary N) is 1. The lowest BCUT2D eigenvalue weighted by Crippen LogP contribution is -2.38. The van der Waals surface area contributed by atoms with Crippen molar-refractivity contribution < 1.29 is 14.7 Å². The van der Waals surface area contributed by atoms with Crippen LogP contribution >= 0.6 is 0 Å². The van der Waals surface area contributed by atoms with Crippen LogP contribution in [0, 0.1) is 0 Å². The predicted molar refractivity (Wildman–Crippen MR) is 69.3 cm³/mol. The van der Waals surface area contributed by atoms with Gasteiger partial charge in [-0.15, -0.1) is 0 Å². The standard InChI is InChI=1S/C14H19NO3/c1-10(12-6-4-3-5-7-12)8-9-13(16)15-11(2)14(17)18/h3-7,10-11H,8-9H2,1-2H3,(H,15,16)(H,17,18). The molecule has 1 rings (SSSR count). The molecule has 1 amide bonds. The fourth-order valence-electron chi connectivity index (χ4n) is 1.67. The molecule has 0 spiro atoms. The van der Waals surface area contributed by atoms with Gasteiger partial charge in [-0.2, -0.15) is 0 Å². The summed E-state index contributed by atoms with van der Waals surface area (Å²) in [7, 11) is 0. The van der Waals surface area contributed by atoms with Gasteiger partial charge in [0.1, 0.15) is 6.04 Å². The Morgan fingerprint density at radius 3 is 2.39 bits per heavy atom. The Morgan fingerprint density at radius 1 is 1.22 bits per heavy atom. The zero-order chi connectivity index (χ0) is 13.5. The SMILES string of the molecule is CC(NC(=O)CCC(C)c1ccccc1)C(=O)O. The van der Waals surface area contributed by atoms with Gasteiger partial charge in [0.25, 0.3) is 0 Å². The molecule has 2 atom stereocenters. The summed E-state index contributed by atoms with van der Waals surface area (Å²) >= 11 is 0. The fourth-order valence-corrected chi connectivity index (χ4v) is 1.67. The Kier molecular flexibility index (Phi) is 5.36. The molecule has 2 N–H and O–H groups in total. The molecule has 0 fully saturated rings. The maximum atomic E-state index is 11.5. The molecule has 0 radical (unpaired) electrons. The first-order valence-corrected chi connectivity index (χ1v) is 6.08. The van der Waals surface area contributed by atoms with E-state index in [4.69, 9.17) is 5.11 Å². The quantitative estimate of drug-likeness (QED) is 0.812. The highest BCUT2D eigenvalue weighted by molar-refractivity contribution is 5.83.